The molecule has 2 aromatic carbocycles. The molecule has 1 heterocycles. The first-order valence-electron chi connectivity index (χ1n) is 8.90. The van der Waals surface area contributed by atoms with Gasteiger partial charge in [0, 0.05) is 19.8 Å². The highest BCUT2D eigenvalue weighted by molar-refractivity contribution is 5.85. The molecule has 1 unspecified atom stereocenters. The van der Waals surface area contributed by atoms with E-state index >= 15 is 0 Å². The summed E-state index contributed by atoms with van der Waals surface area (Å²) in [6.45, 7) is 3.98. The average Bonchev–Trinajstić information content (AvgIpc) is 2.66. The van der Waals surface area contributed by atoms with Gasteiger partial charge in [-0.3, -0.25) is 4.79 Å². The van der Waals surface area contributed by atoms with Crippen molar-refractivity contribution in [2.45, 2.75) is 32.4 Å². The molecule has 3 N–H and O–H groups in total. The predicted molar refractivity (Wildman–Crippen MR) is 107 cm³/mol. The summed E-state index contributed by atoms with van der Waals surface area (Å²) in [6.07, 6.45) is 1.72. The molecule has 5 heteroatoms. The Bertz CT molecular complexity index is 729. The summed E-state index contributed by atoms with van der Waals surface area (Å²) in [5.74, 6) is 0.139. The van der Waals surface area contributed by atoms with Gasteiger partial charge in [0.15, 0.2) is 0 Å². The van der Waals surface area contributed by atoms with Gasteiger partial charge in [-0.2, -0.15) is 0 Å². The van der Waals surface area contributed by atoms with Crippen LogP contribution in [0.1, 0.15) is 24.0 Å². The van der Waals surface area contributed by atoms with Gasteiger partial charge in [0.05, 0.1) is 6.04 Å². The maximum absolute atomic E-state index is 12.3. The lowest BCUT2D eigenvalue weighted by molar-refractivity contribution is -0.124. The van der Waals surface area contributed by atoms with E-state index in [-0.39, 0.29) is 24.2 Å². The number of aryl methyl sites for hydroxylation is 1. The van der Waals surface area contributed by atoms with Gasteiger partial charge in [-0.15, -0.1) is 12.4 Å². The monoisotopic (exact) mass is 374 g/mol. The number of nitrogens with one attached hydrogen (secondary N) is 1. The summed E-state index contributed by atoms with van der Waals surface area (Å²) in [4.78, 5) is 12.3. The molecule has 3 rings (SSSR count). The van der Waals surface area contributed by atoms with Crippen molar-refractivity contribution < 1.29 is 9.53 Å². The third kappa shape index (κ3) is 5.31. The molecule has 1 saturated heterocycles. The van der Waals surface area contributed by atoms with Crippen LogP contribution < -0.4 is 11.1 Å². The first kappa shape index (κ1) is 20.4. The van der Waals surface area contributed by atoms with Crippen LogP contribution in [0.4, 0.5) is 0 Å². The van der Waals surface area contributed by atoms with Crippen LogP contribution in [0.15, 0.2) is 48.5 Å². The second-order valence-corrected chi connectivity index (χ2v) is 6.76. The zero-order chi connectivity index (χ0) is 17.6. The number of benzene rings is 2. The molecule has 1 fully saturated rings. The fourth-order valence-corrected chi connectivity index (χ4v) is 3.28. The molecule has 0 aromatic heterocycles. The molecular formula is C21H27ClN2O2. The molecule has 0 spiro atoms. The second kappa shape index (κ2) is 9.72. The van der Waals surface area contributed by atoms with Gasteiger partial charge >= 0.3 is 0 Å². The Morgan fingerprint density at radius 3 is 2.50 bits per heavy atom. The normalized spacial score (nSPS) is 15.8. The molecule has 1 amide bonds. The lowest BCUT2D eigenvalue weighted by Gasteiger charge is -2.26. The minimum atomic E-state index is -0.455. The minimum Gasteiger partial charge on any atom is -0.381 e. The summed E-state index contributed by atoms with van der Waals surface area (Å²) in [5, 5.41) is 2.98. The third-order valence-corrected chi connectivity index (χ3v) is 4.82. The zero-order valence-corrected chi connectivity index (χ0v) is 15.9. The molecule has 1 aliphatic heterocycles. The molecule has 0 bridgehead atoms. The second-order valence-electron chi connectivity index (χ2n) is 6.76. The summed E-state index contributed by atoms with van der Waals surface area (Å²) < 4.78 is 5.34. The minimum absolute atomic E-state index is 0. The van der Waals surface area contributed by atoms with Crippen LogP contribution in [0.5, 0.6) is 0 Å². The Labute approximate surface area is 161 Å². The Hall–Kier alpha value is -1.88. The van der Waals surface area contributed by atoms with Crippen molar-refractivity contribution in [2.75, 3.05) is 13.2 Å². The smallest absolute Gasteiger partial charge is 0.237 e. The number of hydrogen-bond donors (Lipinski definition) is 2. The Morgan fingerprint density at radius 1 is 1.15 bits per heavy atom. The van der Waals surface area contributed by atoms with Crippen molar-refractivity contribution in [3.63, 3.8) is 0 Å². The zero-order valence-electron chi connectivity index (χ0n) is 15.1. The average molecular weight is 375 g/mol. The first-order valence-corrected chi connectivity index (χ1v) is 8.90. The number of rotatable bonds is 5. The fourth-order valence-electron chi connectivity index (χ4n) is 3.28. The molecule has 140 valence electrons. The maximum atomic E-state index is 12.3. The molecule has 26 heavy (non-hydrogen) atoms. The van der Waals surface area contributed by atoms with Gasteiger partial charge in [0.1, 0.15) is 0 Å². The van der Waals surface area contributed by atoms with Crippen LogP contribution in [-0.4, -0.2) is 25.2 Å². The van der Waals surface area contributed by atoms with Gasteiger partial charge in [0.2, 0.25) is 5.91 Å². The summed E-state index contributed by atoms with van der Waals surface area (Å²) >= 11 is 0. The third-order valence-electron chi connectivity index (χ3n) is 4.82. The van der Waals surface area contributed by atoms with Crippen molar-refractivity contribution in [1.29, 1.82) is 0 Å². The van der Waals surface area contributed by atoms with Crippen molar-refractivity contribution in [3.05, 3.63) is 59.7 Å². The van der Waals surface area contributed by atoms with E-state index in [4.69, 9.17) is 10.5 Å². The van der Waals surface area contributed by atoms with Crippen LogP contribution in [0.3, 0.4) is 0 Å². The van der Waals surface area contributed by atoms with Crippen LogP contribution in [0.2, 0.25) is 0 Å². The molecule has 0 radical (unpaired) electrons. The Kier molecular flexibility index (Phi) is 7.64. The molecule has 0 aliphatic carbocycles. The predicted octanol–water partition coefficient (Wildman–Crippen LogP) is 3.45. The first-order chi connectivity index (χ1) is 12.1. The van der Waals surface area contributed by atoms with E-state index in [1.807, 2.05) is 12.1 Å². The summed E-state index contributed by atoms with van der Waals surface area (Å²) in [7, 11) is 0. The number of carbonyl (C=O) groups is 1. The molecule has 0 saturated carbocycles. The van der Waals surface area contributed by atoms with Crippen LogP contribution >= 0.6 is 12.4 Å². The largest absolute Gasteiger partial charge is 0.381 e. The van der Waals surface area contributed by atoms with Gasteiger partial charge < -0.3 is 15.8 Å². The van der Waals surface area contributed by atoms with E-state index in [9.17, 15) is 4.79 Å². The molecular weight excluding hydrogens is 348 g/mol. The quantitative estimate of drug-likeness (QED) is 0.842. The summed E-state index contributed by atoms with van der Waals surface area (Å²) in [5.41, 5.74) is 10.8. The number of amides is 1. The SMILES string of the molecule is Cc1cccc(-c2cccc(CNC(=O)C(N)C3CCOCC3)c2)c1.Cl. The topological polar surface area (TPSA) is 64.4 Å². The van der Waals surface area contributed by atoms with Crippen LogP contribution in [0, 0.1) is 12.8 Å². The molecule has 2 aromatic rings. The number of hydrogen-bond acceptors (Lipinski definition) is 3. The highest BCUT2D eigenvalue weighted by atomic mass is 35.5. The lowest BCUT2D eigenvalue weighted by Crippen LogP contribution is -2.46. The van der Waals surface area contributed by atoms with Crippen molar-refractivity contribution >= 4 is 18.3 Å². The number of nitrogens with two attached hydrogens (primary N) is 1. The van der Waals surface area contributed by atoms with Gasteiger partial charge in [-0.25, -0.2) is 0 Å². The highest BCUT2D eigenvalue weighted by Crippen LogP contribution is 2.22. The van der Waals surface area contributed by atoms with Gasteiger partial charge in [-0.05, 0) is 48.4 Å². The van der Waals surface area contributed by atoms with E-state index < -0.39 is 6.04 Å². The molecule has 1 atom stereocenters. The number of halogens is 1. The maximum Gasteiger partial charge on any atom is 0.237 e. The standard InChI is InChI=1S/C21H26N2O2.ClH/c1-15-4-2-6-18(12-15)19-7-3-5-16(13-19)14-23-21(24)20(22)17-8-10-25-11-9-17;/h2-7,12-13,17,20H,8-11,14,22H2,1H3,(H,23,24);1H. The Balaban J connectivity index is 0.00000243. The van der Waals surface area contributed by atoms with Gasteiger partial charge in [-0.1, -0.05) is 48.0 Å². The number of carbonyl (C=O) groups excluding carboxylic acids is 1. The Morgan fingerprint density at radius 2 is 1.81 bits per heavy atom. The lowest BCUT2D eigenvalue weighted by atomic mass is 9.92. The van der Waals surface area contributed by atoms with E-state index in [1.54, 1.807) is 0 Å². The highest BCUT2D eigenvalue weighted by Gasteiger charge is 2.26. The van der Waals surface area contributed by atoms with E-state index in [0.29, 0.717) is 19.8 Å². The van der Waals surface area contributed by atoms with Crippen LogP contribution in [0.25, 0.3) is 11.1 Å². The van der Waals surface area contributed by atoms with Crippen molar-refractivity contribution in [3.8, 4) is 11.1 Å². The fraction of sp³-hybridized carbons (Fsp3) is 0.381. The summed E-state index contributed by atoms with van der Waals surface area (Å²) in [6, 6.07) is 16.2. The van der Waals surface area contributed by atoms with E-state index in [0.717, 1.165) is 24.0 Å². The van der Waals surface area contributed by atoms with Crippen molar-refractivity contribution in [1.82, 2.24) is 5.32 Å². The van der Waals surface area contributed by atoms with Crippen LogP contribution in [-0.2, 0) is 16.1 Å². The molecule has 4 nitrogen and oxygen atoms in total. The van der Waals surface area contributed by atoms with Gasteiger partial charge in [0.25, 0.3) is 0 Å². The van der Waals surface area contributed by atoms with E-state index in [2.05, 4.69) is 48.6 Å². The number of ether oxygens (including phenoxy) is 1. The van der Waals surface area contributed by atoms with E-state index in [1.165, 1.54) is 11.1 Å². The molecule has 1 aliphatic rings. The van der Waals surface area contributed by atoms with Crippen molar-refractivity contribution in [2.24, 2.45) is 11.7 Å².